The number of hydrogen-bond donors (Lipinski definition) is 2. The van der Waals surface area contributed by atoms with Gasteiger partial charge in [-0.15, -0.1) is 0 Å². The van der Waals surface area contributed by atoms with Gasteiger partial charge in [-0.1, -0.05) is 25.4 Å². The molecule has 0 saturated carbocycles. The van der Waals surface area contributed by atoms with Crippen LogP contribution in [0.1, 0.15) is 20.3 Å². The Morgan fingerprint density at radius 3 is 2.35 bits per heavy atom. The molecule has 0 aromatic heterocycles. The Bertz CT molecular complexity index is 541. The standard InChI is InChI=1S/C13H19ClN2O3S/c1-10(2)9-13(17)15-7-8-16-20(18,19)12-5-3-11(14)4-6-12/h3-6,10,16H,7-9H2,1-2H3,(H,15,17). The van der Waals surface area contributed by atoms with Gasteiger partial charge in [0.05, 0.1) is 4.90 Å². The molecule has 0 aliphatic rings. The van der Waals surface area contributed by atoms with Crippen LogP contribution in [-0.4, -0.2) is 27.4 Å². The summed E-state index contributed by atoms with van der Waals surface area (Å²) in [4.78, 5) is 11.5. The molecule has 0 heterocycles. The largest absolute Gasteiger partial charge is 0.355 e. The van der Waals surface area contributed by atoms with Gasteiger partial charge < -0.3 is 5.32 Å². The molecule has 1 aromatic carbocycles. The van der Waals surface area contributed by atoms with Gasteiger partial charge in [0.15, 0.2) is 0 Å². The van der Waals surface area contributed by atoms with Gasteiger partial charge in [0, 0.05) is 24.5 Å². The van der Waals surface area contributed by atoms with Crippen molar-refractivity contribution in [3.8, 4) is 0 Å². The normalized spacial score (nSPS) is 11.6. The molecule has 0 radical (unpaired) electrons. The minimum Gasteiger partial charge on any atom is -0.355 e. The third-order valence-electron chi connectivity index (χ3n) is 2.46. The number of hydrogen-bond acceptors (Lipinski definition) is 3. The Hall–Kier alpha value is -1.11. The van der Waals surface area contributed by atoms with Crippen LogP contribution in [0.3, 0.4) is 0 Å². The van der Waals surface area contributed by atoms with E-state index in [9.17, 15) is 13.2 Å². The molecular weight excluding hydrogens is 300 g/mol. The smallest absolute Gasteiger partial charge is 0.240 e. The third-order valence-corrected chi connectivity index (χ3v) is 4.19. The van der Waals surface area contributed by atoms with Crippen LogP contribution in [0.15, 0.2) is 29.2 Å². The van der Waals surface area contributed by atoms with Crippen molar-refractivity contribution in [1.29, 1.82) is 0 Å². The Kier molecular flexibility index (Phi) is 6.45. The van der Waals surface area contributed by atoms with E-state index in [1.165, 1.54) is 24.3 Å². The van der Waals surface area contributed by atoms with Crippen molar-refractivity contribution in [3.05, 3.63) is 29.3 Å². The van der Waals surface area contributed by atoms with Crippen LogP contribution in [0.2, 0.25) is 5.02 Å². The van der Waals surface area contributed by atoms with Gasteiger partial charge in [-0.3, -0.25) is 4.79 Å². The number of rotatable bonds is 7. The van der Waals surface area contributed by atoms with Crippen LogP contribution in [0.5, 0.6) is 0 Å². The maximum absolute atomic E-state index is 11.9. The summed E-state index contributed by atoms with van der Waals surface area (Å²) in [6.07, 6.45) is 0.434. The molecule has 20 heavy (non-hydrogen) atoms. The van der Waals surface area contributed by atoms with E-state index in [-0.39, 0.29) is 29.8 Å². The highest BCUT2D eigenvalue weighted by Crippen LogP contribution is 2.13. The first-order valence-corrected chi connectivity index (χ1v) is 8.19. The molecule has 0 spiro atoms. The number of carbonyl (C=O) groups excluding carboxylic acids is 1. The minimum absolute atomic E-state index is 0.0781. The monoisotopic (exact) mass is 318 g/mol. The van der Waals surface area contributed by atoms with E-state index in [1.54, 1.807) is 0 Å². The second kappa shape index (κ2) is 7.61. The highest BCUT2D eigenvalue weighted by Gasteiger charge is 2.13. The second-order valence-corrected chi connectivity index (χ2v) is 7.00. The fourth-order valence-electron chi connectivity index (χ4n) is 1.53. The van der Waals surface area contributed by atoms with E-state index in [2.05, 4.69) is 10.0 Å². The molecule has 0 saturated heterocycles. The van der Waals surface area contributed by atoms with Crippen LogP contribution < -0.4 is 10.0 Å². The van der Waals surface area contributed by atoms with Crippen LogP contribution in [-0.2, 0) is 14.8 Å². The second-order valence-electron chi connectivity index (χ2n) is 4.80. The fraction of sp³-hybridized carbons (Fsp3) is 0.462. The van der Waals surface area contributed by atoms with Crippen LogP contribution >= 0.6 is 11.6 Å². The van der Waals surface area contributed by atoms with Crippen LogP contribution in [0.25, 0.3) is 0 Å². The van der Waals surface area contributed by atoms with E-state index in [0.29, 0.717) is 11.4 Å². The molecule has 0 unspecified atom stereocenters. The topological polar surface area (TPSA) is 75.3 Å². The summed E-state index contributed by atoms with van der Waals surface area (Å²) in [6, 6.07) is 5.89. The molecule has 1 aromatic rings. The van der Waals surface area contributed by atoms with Gasteiger partial charge in [0.2, 0.25) is 15.9 Å². The Balaban J connectivity index is 2.41. The maximum Gasteiger partial charge on any atom is 0.240 e. The van der Waals surface area contributed by atoms with Crippen molar-refractivity contribution in [2.45, 2.75) is 25.2 Å². The van der Waals surface area contributed by atoms with Gasteiger partial charge in [0.1, 0.15) is 0 Å². The zero-order valence-electron chi connectivity index (χ0n) is 11.5. The summed E-state index contributed by atoms with van der Waals surface area (Å²) >= 11 is 5.70. The third kappa shape index (κ3) is 5.90. The summed E-state index contributed by atoms with van der Waals surface area (Å²) in [7, 11) is -3.56. The van der Waals surface area contributed by atoms with Crippen molar-refractivity contribution in [2.75, 3.05) is 13.1 Å². The van der Waals surface area contributed by atoms with E-state index in [4.69, 9.17) is 11.6 Å². The molecule has 0 aliphatic carbocycles. The predicted molar refractivity (Wildman–Crippen MR) is 79.1 cm³/mol. The van der Waals surface area contributed by atoms with Crippen molar-refractivity contribution >= 4 is 27.5 Å². The van der Waals surface area contributed by atoms with Crippen LogP contribution in [0.4, 0.5) is 0 Å². The summed E-state index contributed by atoms with van der Waals surface area (Å²) < 4.78 is 26.2. The van der Waals surface area contributed by atoms with Crippen LogP contribution in [0, 0.1) is 5.92 Å². The summed E-state index contributed by atoms with van der Waals surface area (Å²) in [6.45, 7) is 4.30. The molecular formula is C13H19ClN2O3S. The summed E-state index contributed by atoms with van der Waals surface area (Å²) in [5, 5.41) is 3.14. The average Bonchev–Trinajstić information content (AvgIpc) is 2.34. The highest BCUT2D eigenvalue weighted by molar-refractivity contribution is 7.89. The lowest BCUT2D eigenvalue weighted by Crippen LogP contribution is -2.35. The first-order valence-electron chi connectivity index (χ1n) is 6.33. The van der Waals surface area contributed by atoms with Gasteiger partial charge in [0.25, 0.3) is 0 Å². The number of amides is 1. The molecule has 0 fully saturated rings. The quantitative estimate of drug-likeness (QED) is 0.752. The molecule has 2 N–H and O–H groups in total. The molecule has 5 nitrogen and oxygen atoms in total. The zero-order valence-corrected chi connectivity index (χ0v) is 13.1. The lowest BCUT2D eigenvalue weighted by atomic mass is 10.1. The molecule has 1 rings (SSSR count). The van der Waals surface area contributed by atoms with Crippen molar-refractivity contribution in [3.63, 3.8) is 0 Å². The van der Waals surface area contributed by atoms with E-state index < -0.39 is 10.0 Å². The Morgan fingerprint density at radius 2 is 1.80 bits per heavy atom. The number of sulfonamides is 1. The summed E-state index contributed by atoms with van der Waals surface area (Å²) in [5.41, 5.74) is 0. The molecule has 112 valence electrons. The highest BCUT2D eigenvalue weighted by atomic mass is 35.5. The maximum atomic E-state index is 11.9. The number of carbonyl (C=O) groups is 1. The Morgan fingerprint density at radius 1 is 1.20 bits per heavy atom. The van der Waals surface area contributed by atoms with Gasteiger partial charge in [-0.2, -0.15) is 0 Å². The SMILES string of the molecule is CC(C)CC(=O)NCCNS(=O)(=O)c1ccc(Cl)cc1. The summed E-state index contributed by atoms with van der Waals surface area (Å²) in [5.74, 6) is 0.200. The zero-order chi connectivity index (χ0) is 15.2. The lowest BCUT2D eigenvalue weighted by Gasteiger charge is -2.09. The molecule has 1 amide bonds. The van der Waals surface area contributed by atoms with Crippen molar-refractivity contribution in [2.24, 2.45) is 5.92 Å². The van der Waals surface area contributed by atoms with E-state index >= 15 is 0 Å². The van der Waals surface area contributed by atoms with Crippen molar-refractivity contribution < 1.29 is 13.2 Å². The first kappa shape index (κ1) is 16.9. The van der Waals surface area contributed by atoms with E-state index in [0.717, 1.165) is 0 Å². The fourth-order valence-corrected chi connectivity index (χ4v) is 2.69. The molecule has 0 aliphatic heterocycles. The van der Waals surface area contributed by atoms with Crippen molar-refractivity contribution in [1.82, 2.24) is 10.0 Å². The molecule has 0 atom stereocenters. The average molecular weight is 319 g/mol. The Labute approximate surface area is 124 Å². The minimum atomic E-state index is -3.56. The molecule has 0 bridgehead atoms. The first-order chi connectivity index (χ1) is 9.31. The van der Waals surface area contributed by atoms with Gasteiger partial charge in [-0.05, 0) is 30.2 Å². The van der Waals surface area contributed by atoms with Gasteiger partial charge >= 0.3 is 0 Å². The predicted octanol–water partition coefficient (Wildman–Crippen LogP) is 1.78. The lowest BCUT2D eigenvalue weighted by molar-refractivity contribution is -0.121. The van der Waals surface area contributed by atoms with E-state index in [1.807, 2.05) is 13.8 Å². The van der Waals surface area contributed by atoms with Gasteiger partial charge in [-0.25, -0.2) is 13.1 Å². The number of benzene rings is 1. The number of nitrogens with one attached hydrogen (secondary N) is 2. The molecule has 7 heteroatoms. The number of halogens is 1.